The topological polar surface area (TPSA) is 79.4 Å². The van der Waals surface area contributed by atoms with Crippen molar-refractivity contribution in [2.45, 2.75) is 38.8 Å². The number of rotatable bonds is 6. The number of ether oxygens (including phenoxy) is 2. The van der Waals surface area contributed by atoms with Crippen LogP contribution in [0.15, 0.2) is 47.8 Å². The summed E-state index contributed by atoms with van der Waals surface area (Å²) in [6.45, 7) is 4.34. The van der Waals surface area contributed by atoms with Gasteiger partial charge in [0.05, 0.1) is 43.0 Å². The molecular formula is C31H33N3O5S. The molecule has 6 rings (SSSR count). The summed E-state index contributed by atoms with van der Waals surface area (Å²) >= 11 is 1.54. The summed E-state index contributed by atoms with van der Waals surface area (Å²) in [6, 6.07) is 13.0. The van der Waals surface area contributed by atoms with E-state index in [2.05, 4.69) is 4.90 Å². The molecule has 9 heteroatoms. The summed E-state index contributed by atoms with van der Waals surface area (Å²) in [5.41, 5.74) is 3.90. The molecule has 3 aromatic rings. The third-order valence-electron chi connectivity index (χ3n) is 8.41. The number of hydrogen-bond acceptors (Lipinski definition) is 7. The Hall–Kier alpha value is -3.85. The first-order valence-electron chi connectivity index (χ1n) is 13.7. The smallest absolute Gasteiger partial charge is 0.264 e. The molecule has 0 spiro atoms. The van der Waals surface area contributed by atoms with E-state index in [1.165, 1.54) is 21.8 Å². The Morgan fingerprint density at radius 1 is 1.00 bits per heavy atom. The average Bonchev–Trinajstić information content (AvgIpc) is 3.62. The summed E-state index contributed by atoms with van der Waals surface area (Å²) in [6.07, 6.45) is 2.40. The molecule has 1 saturated heterocycles. The first kappa shape index (κ1) is 26.4. The number of piperidine rings is 1. The van der Waals surface area contributed by atoms with Crippen molar-refractivity contribution in [3.05, 3.63) is 75.0 Å². The number of amides is 3. The summed E-state index contributed by atoms with van der Waals surface area (Å²) in [5.74, 6) is 0.802. The van der Waals surface area contributed by atoms with Crippen LogP contribution >= 0.6 is 11.3 Å². The predicted molar refractivity (Wildman–Crippen MR) is 153 cm³/mol. The van der Waals surface area contributed by atoms with Crippen molar-refractivity contribution < 1.29 is 23.9 Å². The van der Waals surface area contributed by atoms with Crippen LogP contribution in [-0.2, 0) is 17.8 Å². The number of thiophene rings is 1. The van der Waals surface area contributed by atoms with E-state index in [-0.39, 0.29) is 29.7 Å². The van der Waals surface area contributed by atoms with Gasteiger partial charge in [0.2, 0.25) is 5.91 Å². The van der Waals surface area contributed by atoms with E-state index < -0.39 is 0 Å². The second kappa shape index (κ2) is 10.6. The second-order valence-corrected chi connectivity index (χ2v) is 11.6. The lowest BCUT2D eigenvalue weighted by molar-refractivity contribution is -0.136. The van der Waals surface area contributed by atoms with Crippen LogP contribution in [0, 0.1) is 5.92 Å². The highest BCUT2D eigenvalue weighted by Crippen LogP contribution is 2.39. The summed E-state index contributed by atoms with van der Waals surface area (Å²) in [5, 5.41) is 1.95. The van der Waals surface area contributed by atoms with Gasteiger partial charge in [0, 0.05) is 31.1 Å². The minimum atomic E-state index is -0.337. The van der Waals surface area contributed by atoms with E-state index in [4.69, 9.17) is 9.47 Å². The molecule has 0 saturated carbocycles. The molecule has 2 atom stereocenters. The van der Waals surface area contributed by atoms with Crippen LogP contribution in [0.25, 0.3) is 0 Å². The molecule has 0 radical (unpaired) electrons. The van der Waals surface area contributed by atoms with Gasteiger partial charge in [-0.3, -0.25) is 19.3 Å². The van der Waals surface area contributed by atoms with Gasteiger partial charge in [0.25, 0.3) is 11.8 Å². The van der Waals surface area contributed by atoms with E-state index in [0.717, 1.165) is 41.9 Å². The van der Waals surface area contributed by atoms with Crippen molar-refractivity contribution in [1.29, 1.82) is 0 Å². The zero-order valence-electron chi connectivity index (χ0n) is 23.0. The number of anilines is 1. The van der Waals surface area contributed by atoms with E-state index in [9.17, 15) is 14.4 Å². The van der Waals surface area contributed by atoms with Crippen molar-refractivity contribution in [1.82, 2.24) is 9.80 Å². The number of hydrogen-bond donors (Lipinski definition) is 0. The van der Waals surface area contributed by atoms with Crippen molar-refractivity contribution in [2.24, 2.45) is 5.92 Å². The zero-order valence-corrected chi connectivity index (χ0v) is 23.8. The van der Waals surface area contributed by atoms with Gasteiger partial charge in [-0.15, -0.1) is 11.3 Å². The maximum Gasteiger partial charge on any atom is 0.264 e. The van der Waals surface area contributed by atoms with Gasteiger partial charge in [0.1, 0.15) is 0 Å². The van der Waals surface area contributed by atoms with Crippen LogP contribution < -0.4 is 14.4 Å². The third kappa shape index (κ3) is 4.42. The van der Waals surface area contributed by atoms with Gasteiger partial charge in [-0.25, -0.2) is 0 Å². The average molecular weight is 560 g/mol. The molecule has 1 aromatic heterocycles. The highest BCUT2D eigenvalue weighted by atomic mass is 32.1. The molecule has 40 heavy (non-hydrogen) atoms. The van der Waals surface area contributed by atoms with Gasteiger partial charge in [-0.2, -0.15) is 0 Å². The zero-order chi connectivity index (χ0) is 28.0. The Kier molecular flexibility index (Phi) is 7.00. The summed E-state index contributed by atoms with van der Waals surface area (Å²) < 4.78 is 10.9. The molecule has 0 aliphatic carbocycles. The van der Waals surface area contributed by atoms with Crippen LogP contribution in [0.4, 0.5) is 5.69 Å². The maximum absolute atomic E-state index is 13.8. The first-order chi connectivity index (χ1) is 19.4. The van der Waals surface area contributed by atoms with Gasteiger partial charge in [-0.1, -0.05) is 12.1 Å². The van der Waals surface area contributed by atoms with Gasteiger partial charge in [-0.05, 0) is 73.0 Å². The van der Waals surface area contributed by atoms with Crippen LogP contribution in [0.1, 0.15) is 62.5 Å². The van der Waals surface area contributed by atoms with Gasteiger partial charge in [0.15, 0.2) is 11.5 Å². The number of nitrogens with zero attached hydrogens (tertiary/aromatic N) is 3. The molecule has 0 unspecified atom stereocenters. The molecule has 4 heterocycles. The molecule has 0 bridgehead atoms. The molecule has 3 aliphatic rings. The molecule has 208 valence electrons. The van der Waals surface area contributed by atoms with Gasteiger partial charge < -0.3 is 19.3 Å². The van der Waals surface area contributed by atoms with Crippen molar-refractivity contribution >= 4 is 34.7 Å². The number of benzene rings is 2. The number of fused-ring (bicyclic) bond motifs is 2. The lowest BCUT2D eigenvalue weighted by Crippen LogP contribution is -2.46. The molecule has 2 aromatic carbocycles. The SMILES string of the molecule is COc1cc2c(cc1OC)CN(C(=O)[C@H]1CCCN(c3cccc4c3C(=O)N([C@@H](C)c3cccs3)C4=O)C1)CC2. The minimum absolute atomic E-state index is 0.132. The van der Waals surface area contributed by atoms with E-state index >= 15 is 0 Å². The van der Waals surface area contributed by atoms with E-state index in [1.54, 1.807) is 20.3 Å². The van der Waals surface area contributed by atoms with Crippen LogP contribution in [0.3, 0.4) is 0 Å². The van der Waals surface area contributed by atoms with E-state index in [0.29, 0.717) is 42.3 Å². The highest BCUT2D eigenvalue weighted by Gasteiger charge is 2.42. The van der Waals surface area contributed by atoms with Crippen molar-refractivity contribution in [3.8, 4) is 11.5 Å². The van der Waals surface area contributed by atoms with E-state index in [1.807, 2.05) is 53.6 Å². The number of carbonyl (C=O) groups excluding carboxylic acids is 3. The Labute approximate surface area is 238 Å². The van der Waals surface area contributed by atoms with Crippen molar-refractivity contribution in [2.75, 3.05) is 38.8 Å². The molecule has 1 fully saturated rings. The number of methoxy groups -OCH3 is 2. The summed E-state index contributed by atoms with van der Waals surface area (Å²) in [7, 11) is 3.25. The molecule has 3 aliphatic heterocycles. The highest BCUT2D eigenvalue weighted by molar-refractivity contribution is 7.10. The standard InChI is InChI=1S/C31H33N3O5S/c1-19(27-10-6-14-40-27)34-30(36)23-8-4-9-24(28(23)31(34)37)32-12-5-7-21(17-32)29(35)33-13-11-20-15-25(38-2)26(39-3)16-22(20)18-33/h4,6,8-10,14-16,19,21H,5,7,11-13,17-18H2,1-3H3/t19-,21-/m0/s1. The Morgan fingerprint density at radius 2 is 1.77 bits per heavy atom. The fourth-order valence-electron chi connectivity index (χ4n) is 6.28. The summed E-state index contributed by atoms with van der Waals surface area (Å²) in [4.78, 5) is 47.2. The van der Waals surface area contributed by atoms with Crippen molar-refractivity contribution in [3.63, 3.8) is 0 Å². The van der Waals surface area contributed by atoms with Crippen LogP contribution in [0.2, 0.25) is 0 Å². The van der Waals surface area contributed by atoms with Crippen LogP contribution in [0.5, 0.6) is 11.5 Å². The minimum Gasteiger partial charge on any atom is -0.493 e. The molecule has 3 amide bonds. The molecular weight excluding hydrogens is 526 g/mol. The predicted octanol–water partition coefficient (Wildman–Crippen LogP) is 4.92. The Balaban J connectivity index is 1.21. The first-order valence-corrected chi connectivity index (χ1v) is 14.6. The van der Waals surface area contributed by atoms with Gasteiger partial charge >= 0.3 is 0 Å². The third-order valence-corrected chi connectivity index (χ3v) is 9.45. The quantitative estimate of drug-likeness (QED) is 0.399. The fourth-order valence-corrected chi connectivity index (χ4v) is 7.06. The lowest BCUT2D eigenvalue weighted by atomic mass is 9.92. The monoisotopic (exact) mass is 559 g/mol. The number of imide groups is 1. The largest absolute Gasteiger partial charge is 0.493 e. The maximum atomic E-state index is 13.8. The molecule has 8 nitrogen and oxygen atoms in total. The molecule has 0 N–H and O–H groups in total. The van der Waals surface area contributed by atoms with Crippen LogP contribution in [-0.4, -0.2) is 61.4 Å². The lowest BCUT2D eigenvalue weighted by Gasteiger charge is -2.38. The Bertz CT molecular complexity index is 1470. The second-order valence-electron chi connectivity index (χ2n) is 10.6. The fraction of sp³-hybridized carbons (Fsp3) is 0.387. The Morgan fingerprint density at radius 3 is 2.50 bits per heavy atom. The number of carbonyl (C=O) groups is 3. The normalized spacial score (nSPS) is 19.4.